The molecule has 0 radical (unpaired) electrons. The van der Waals surface area contributed by atoms with Crippen LogP contribution in [0.4, 0.5) is 10.1 Å². The highest BCUT2D eigenvalue weighted by Gasteiger charge is 2.32. The first-order valence-corrected chi connectivity index (χ1v) is 9.52. The molecule has 0 N–H and O–H groups in total. The molecular weight excluding hydrogens is 387 g/mol. The number of benzene rings is 2. The Labute approximate surface area is 154 Å². The predicted molar refractivity (Wildman–Crippen MR) is 92.6 cm³/mol. The van der Waals surface area contributed by atoms with Crippen LogP contribution in [0.1, 0.15) is 12.8 Å². The van der Waals surface area contributed by atoms with Gasteiger partial charge in [0.2, 0.25) is 10.0 Å². The average molecular weight is 401 g/mol. The summed E-state index contributed by atoms with van der Waals surface area (Å²) in [4.78, 5) is 10.0. The SMILES string of the molecule is O=[N+]([O-])c1ccc(Oc2ccc(F)cc2Cl)c(S(=O)(=O)N2CCCC2)c1. The Bertz CT molecular complexity index is 961. The van der Waals surface area contributed by atoms with Crippen molar-refractivity contribution in [1.29, 1.82) is 0 Å². The van der Waals surface area contributed by atoms with E-state index in [1.165, 1.54) is 16.4 Å². The normalized spacial score (nSPS) is 15.2. The summed E-state index contributed by atoms with van der Waals surface area (Å²) in [5, 5.41) is 11.0. The minimum Gasteiger partial charge on any atom is -0.454 e. The molecule has 0 spiro atoms. The molecule has 0 atom stereocenters. The number of nitro benzene ring substituents is 1. The van der Waals surface area contributed by atoms with Gasteiger partial charge in [0.25, 0.3) is 5.69 Å². The lowest BCUT2D eigenvalue weighted by atomic mass is 10.3. The first-order chi connectivity index (χ1) is 12.3. The molecule has 26 heavy (non-hydrogen) atoms. The van der Waals surface area contributed by atoms with Crippen molar-refractivity contribution in [3.05, 3.63) is 57.4 Å². The third-order valence-electron chi connectivity index (χ3n) is 3.93. The van der Waals surface area contributed by atoms with Crippen molar-refractivity contribution >= 4 is 27.3 Å². The first-order valence-electron chi connectivity index (χ1n) is 7.70. The van der Waals surface area contributed by atoms with E-state index in [1.54, 1.807) is 0 Å². The van der Waals surface area contributed by atoms with Crippen LogP contribution in [-0.2, 0) is 10.0 Å². The lowest BCUT2D eigenvalue weighted by Gasteiger charge is -2.18. The maximum absolute atomic E-state index is 13.2. The smallest absolute Gasteiger partial charge is 0.271 e. The van der Waals surface area contributed by atoms with Gasteiger partial charge in [-0.15, -0.1) is 0 Å². The van der Waals surface area contributed by atoms with Gasteiger partial charge in [0.15, 0.2) is 0 Å². The van der Waals surface area contributed by atoms with Gasteiger partial charge in [-0.3, -0.25) is 10.1 Å². The van der Waals surface area contributed by atoms with E-state index in [0.717, 1.165) is 24.3 Å². The van der Waals surface area contributed by atoms with E-state index in [2.05, 4.69) is 0 Å². The number of sulfonamides is 1. The standard InChI is InChI=1S/C16H14ClFN2O5S/c17-13-9-11(18)3-5-14(13)25-15-6-4-12(20(21)22)10-16(15)26(23,24)19-7-1-2-8-19/h3-6,9-10H,1-2,7-8H2. The zero-order chi connectivity index (χ0) is 18.9. The number of rotatable bonds is 5. The fourth-order valence-corrected chi connectivity index (χ4v) is 4.50. The average Bonchev–Trinajstić information content (AvgIpc) is 3.12. The zero-order valence-electron chi connectivity index (χ0n) is 13.4. The number of halogens is 2. The lowest BCUT2D eigenvalue weighted by Crippen LogP contribution is -2.28. The van der Waals surface area contributed by atoms with Gasteiger partial charge in [-0.1, -0.05) is 11.6 Å². The number of hydrogen-bond donors (Lipinski definition) is 0. The lowest BCUT2D eigenvalue weighted by molar-refractivity contribution is -0.385. The molecule has 1 aliphatic heterocycles. The fourth-order valence-electron chi connectivity index (χ4n) is 2.64. The molecule has 138 valence electrons. The number of hydrogen-bond acceptors (Lipinski definition) is 5. The molecule has 7 nitrogen and oxygen atoms in total. The molecule has 3 rings (SSSR count). The van der Waals surface area contributed by atoms with Gasteiger partial charge in [-0.2, -0.15) is 4.31 Å². The van der Waals surface area contributed by atoms with Crippen LogP contribution in [0, 0.1) is 15.9 Å². The molecule has 0 aromatic heterocycles. The summed E-state index contributed by atoms with van der Waals surface area (Å²) in [5.74, 6) is -0.647. The monoisotopic (exact) mass is 400 g/mol. The van der Waals surface area contributed by atoms with E-state index in [4.69, 9.17) is 16.3 Å². The second-order valence-corrected chi connectivity index (χ2v) is 7.99. The van der Waals surface area contributed by atoms with E-state index in [0.29, 0.717) is 25.9 Å². The molecule has 2 aromatic rings. The molecule has 1 heterocycles. The van der Waals surface area contributed by atoms with Crippen LogP contribution in [0.2, 0.25) is 5.02 Å². The molecule has 0 amide bonds. The van der Waals surface area contributed by atoms with Crippen molar-refractivity contribution in [1.82, 2.24) is 4.31 Å². The van der Waals surface area contributed by atoms with Crippen molar-refractivity contribution < 1.29 is 22.5 Å². The maximum atomic E-state index is 13.2. The summed E-state index contributed by atoms with van der Waals surface area (Å²) >= 11 is 5.92. The fraction of sp³-hybridized carbons (Fsp3) is 0.250. The Hall–Kier alpha value is -2.23. The second kappa shape index (κ2) is 7.18. The van der Waals surface area contributed by atoms with Gasteiger partial charge in [-0.05, 0) is 37.1 Å². The van der Waals surface area contributed by atoms with Crippen molar-refractivity contribution in [2.45, 2.75) is 17.7 Å². The van der Waals surface area contributed by atoms with Gasteiger partial charge in [0, 0.05) is 25.2 Å². The Morgan fingerprint density at radius 2 is 1.77 bits per heavy atom. The summed E-state index contributed by atoms with van der Waals surface area (Å²) in [6.07, 6.45) is 1.43. The molecule has 2 aromatic carbocycles. The van der Waals surface area contributed by atoms with Gasteiger partial charge >= 0.3 is 0 Å². The van der Waals surface area contributed by atoms with Gasteiger partial charge < -0.3 is 4.74 Å². The van der Waals surface area contributed by atoms with E-state index >= 15 is 0 Å². The molecule has 10 heteroatoms. The van der Waals surface area contributed by atoms with Crippen molar-refractivity contribution in [3.8, 4) is 11.5 Å². The van der Waals surface area contributed by atoms with Crippen LogP contribution in [-0.4, -0.2) is 30.7 Å². The molecule has 0 bridgehead atoms. The first kappa shape index (κ1) is 18.6. The second-order valence-electron chi connectivity index (χ2n) is 5.68. The Balaban J connectivity index is 2.08. The molecule has 1 aliphatic rings. The highest BCUT2D eigenvalue weighted by atomic mass is 35.5. The quantitative estimate of drug-likeness (QED) is 0.559. The third kappa shape index (κ3) is 3.64. The molecule has 1 saturated heterocycles. The predicted octanol–water partition coefficient (Wildman–Crippen LogP) is 3.96. The Morgan fingerprint density at radius 3 is 2.38 bits per heavy atom. The molecule has 1 fully saturated rings. The van der Waals surface area contributed by atoms with Crippen LogP contribution >= 0.6 is 11.6 Å². The summed E-state index contributed by atoms with van der Waals surface area (Å²) < 4.78 is 45.8. The van der Waals surface area contributed by atoms with Crippen LogP contribution in [0.25, 0.3) is 0 Å². The number of ether oxygens (including phenoxy) is 1. The van der Waals surface area contributed by atoms with E-state index in [1.807, 2.05) is 0 Å². The summed E-state index contributed by atoms with van der Waals surface area (Å²) in [6.45, 7) is 0.670. The minimum absolute atomic E-state index is 0.0415. The number of nitro groups is 1. The van der Waals surface area contributed by atoms with Crippen LogP contribution in [0.15, 0.2) is 41.3 Å². The maximum Gasteiger partial charge on any atom is 0.271 e. The summed E-state index contributed by atoms with van der Waals surface area (Å²) in [5.41, 5.74) is -0.375. The third-order valence-corrected chi connectivity index (χ3v) is 6.15. The number of non-ortho nitro benzene ring substituents is 1. The Morgan fingerprint density at radius 1 is 1.12 bits per heavy atom. The van der Waals surface area contributed by atoms with E-state index in [9.17, 15) is 22.9 Å². The molecule has 0 unspecified atom stereocenters. The van der Waals surface area contributed by atoms with Crippen LogP contribution < -0.4 is 4.74 Å². The summed E-state index contributed by atoms with van der Waals surface area (Å²) in [7, 11) is -3.98. The van der Waals surface area contributed by atoms with Crippen molar-refractivity contribution in [2.75, 3.05) is 13.1 Å². The minimum atomic E-state index is -3.98. The van der Waals surface area contributed by atoms with Crippen molar-refractivity contribution in [3.63, 3.8) is 0 Å². The molecular formula is C16H14ClFN2O5S. The van der Waals surface area contributed by atoms with E-state index < -0.39 is 20.8 Å². The highest BCUT2D eigenvalue weighted by Crippen LogP contribution is 2.37. The van der Waals surface area contributed by atoms with Crippen LogP contribution in [0.5, 0.6) is 11.5 Å². The summed E-state index contributed by atoms with van der Waals surface area (Å²) in [6, 6.07) is 6.68. The largest absolute Gasteiger partial charge is 0.454 e. The molecule has 0 aliphatic carbocycles. The Kier molecular flexibility index (Phi) is 5.12. The van der Waals surface area contributed by atoms with Crippen molar-refractivity contribution in [2.24, 2.45) is 0 Å². The molecule has 0 saturated carbocycles. The van der Waals surface area contributed by atoms with Gasteiger partial charge in [0.05, 0.1) is 9.95 Å². The van der Waals surface area contributed by atoms with Crippen LogP contribution in [0.3, 0.4) is 0 Å². The topological polar surface area (TPSA) is 89.7 Å². The highest BCUT2D eigenvalue weighted by molar-refractivity contribution is 7.89. The number of nitrogens with zero attached hydrogens (tertiary/aromatic N) is 2. The van der Waals surface area contributed by atoms with E-state index in [-0.39, 0.29) is 27.1 Å². The zero-order valence-corrected chi connectivity index (χ0v) is 15.0. The van der Waals surface area contributed by atoms with Gasteiger partial charge in [0.1, 0.15) is 22.2 Å². The van der Waals surface area contributed by atoms with Gasteiger partial charge in [-0.25, -0.2) is 12.8 Å².